The number of nitrogens with one attached hydrogen (secondary N) is 2. The van der Waals surface area contributed by atoms with Gasteiger partial charge in [-0.2, -0.15) is 0 Å². The number of amides is 2. The molecule has 2 aromatic rings. The van der Waals surface area contributed by atoms with E-state index in [4.69, 9.17) is 0 Å². The average molecular weight is 283 g/mol. The van der Waals surface area contributed by atoms with Gasteiger partial charge in [-0.3, -0.25) is 0 Å². The number of carbonyl (C=O) groups is 1. The molecule has 2 N–H and O–H groups in total. The third-order valence-corrected chi connectivity index (χ3v) is 4.04. The van der Waals surface area contributed by atoms with Crippen LogP contribution in [0.5, 0.6) is 0 Å². The zero-order valence-electron chi connectivity index (χ0n) is 12.5. The molecule has 1 heterocycles. The second kappa shape index (κ2) is 5.28. The highest BCUT2D eigenvalue weighted by atomic mass is 16.2. The summed E-state index contributed by atoms with van der Waals surface area (Å²) in [6.07, 6.45) is 5.76. The number of nitrogens with zero attached hydrogens (tertiary/aromatic N) is 1. The second-order valence-corrected chi connectivity index (χ2v) is 6.18. The smallest absolute Gasteiger partial charge is 0.315 e. The number of aromatic nitrogens is 1. The van der Waals surface area contributed by atoms with E-state index in [9.17, 15) is 4.79 Å². The number of hydrogen-bond donors (Lipinski definition) is 2. The quantitative estimate of drug-likeness (QED) is 0.892. The molecule has 2 amide bonds. The lowest BCUT2D eigenvalue weighted by Gasteiger charge is -2.25. The maximum absolute atomic E-state index is 12.1. The van der Waals surface area contributed by atoms with Crippen LogP contribution < -0.4 is 10.6 Å². The van der Waals surface area contributed by atoms with Gasteiger partial charge in [0.15, 0.2) is 0 Å². The average Bonchev–Trinajstić information content (AvgIpc) is 2.98. The van der Waals surface area contributed by atoms with Gasteiger partial charge in [0.1, 0.15) is 0 Å². The van der Waals surface area contributed by atoms with Gasteiger partial charge in [0, 0.05) is 31.5 Å². The zero-order chi connectivity index (χ0) is 14.9. The summed E-state index contributed by atoms with van der Waals surface area (Å²) in [5.74, 6) is 0. The highest BCUT2D eigenvalue weighted by Crippen LogP contribution is 2.29. The van der Waals surface area contributed by atoms with Crippen LogP contribution in [0.3, 0.4) is 0 Å². The van der Waals surface area contributed by atoms with E-state index in [-0.39, 0.29) is 11.6 Å². The Bertz CT molecular complexity index is 635. The van der Waals surface area contributed by atoms with Crippen molar-refractivity contribution in [1.82, 2.24) is 15.2 Å². The fourth-order valence-corrected chi connectivity index (χ4v) is 3.06. The fourth-order valence-electron chi connectivity index (χ4n) is 3.06. The van der Waals surface area contributed by atoms with Crippen molar-refractivity contribution in [3.63, 3.8) is 0 Å². The Kier molecular flexibility index (Phi) is 3.45. The van der Waals surface area contributed by atoms with Crippen LogP contribution in [0.2, 0.25) is 0 Å². The SMILES string of the molecule is Cn1ccc(CNC(=O)NC2(C)Cc3ccccc3C2)c1. The van der Waals surface area contributed by atoms with Gasteiger partial charge in [-0.1, -0.05) is 24.3 Å². The van der Waals surface area contributed by atoms with Crippen molar-refractivity contribution in [1.29, 1.82) is 0 Å². The first-order chi connectivity index (χ1) is 10.0. The van der Waals surface area contributed by atoms with Crippen molar-refractivity contribution in [3.05, 3.63) is 59.4 Å². The molecular formula is C17H21N3O. The Morgan fingerprint density at radius 1 is 1.24 bits per heavy atom. The van der Waals surface area contributed by atoms with Gasteiger partial charge in [-0.15, -0.1) is 0 Å². The summed E-state index contributed by atoms with van der Waals surface area (Å²) in [7, 11) is 1.97. The minimum atomic E-state index is -0.190. The standard InChI is InChI=1S/C17H21N3O/c1-17(9-14-5-3-4-6-15(14)10-17)19-16(21)18-11-13-7-8-20(2)12-13/h3-8,12H,9-11H2,1-2H3,(H2,18,19,21). The molecule has 21 heavy (non-hydrogen) atoms. The molecule has 0 aliphatic heterocycles. The molecule has 0 atom stereocenters. The van der Waals surface area contributed by atoms with Gasteiger partial charge in [0.05, 0.1) is 0 Å². The fraction of sp³-hybridized carbons (Fsp3) is 0.353. The monoisotopic (exact) mass is 283 g/mol. The number of fused-ring (bicyclic) bond motifs is 1. The summed E-state index contributed by atoms with van der Waals surface area (Å²) in [6, 6.07) is 10.3. The van der Waals surface area contributed by atoms with E-state index in [2.05, 4.69) is 41.8 Å². The minimum absolute atomic E-state index is 0.103. The second-order valence-electron chi connectivity index (χ2n) is 6.18. The van der Waals surface area contributed by atoms with E-state index in [0.29, 0.717) is 6.54 Å². The van der Waals surface area contributed by atoms with Crippen LogP contribution in [0.15, 0.2) is 42.7 Å². The molecule has 1 aliphatic rings. The first-order valence-corrected chi connectivity index (χ1v) is 7.28. The number of rotatable bonds is 3. The maximum atomic E-state index is 12.1. The lowest BCUT2D eigenvalue weighted by molar-refractivity contribution is 0.228. The van der Waals surface area contributed by atoms with Crippen LogP contribution in [0.4, 0.5) is 4.79 Å². The molecule has 110 valence electrons. The van der Waals surface area contributed by atoms with E-state index < -0.39 is 0 Å². The summed E-state index contributed by atoms with van der Waals surface area (Å²) in [5.41, 5.74) is 3.59. The van der Waals surface area contributed by atoms with Crippen molar-refractivity contribution in [3.8, 4) is 0 Å². The third kappa shape index (κ3) is 3.10. The van der Waals surface area contributed by atoms with Crippen LogP contribution >= 0.6 is 0 Å². The largest absolute Gasteiger partial charge is 0.357 e. The molecule has 4 heteroatoms. The van der Waals surface area contributed by atoms with E-state index in [1.54, 1.807) is 0 Å². The first kappa shape index (κ1) is 13.7. The maximum Gasteiger partial charge on any atom is 0.315 e. The Morgan fingerprint density at radius 2 is 1.90 bits per heavy atom. The molecule has 0 saturated heterocycles. The van der Waals surface area contributed by atoms with Crippen molar-refractivity contribution < 1.29 is 4.79 Å². The van der Waals surface area contributed by atoms with Crippen LogP contribution in [0, 0.1) is 0 Å². The van der Waals surface area contributed by atoms with Crippen molar-refractivity contribution >= 4 is 6.03 Å². The first-order valence-electron chi connectivity index (χ1n) is 7.28. The molecule has 0 bridgehead atoms. The van der Waals surface area contributed by atoms with Gasteiger partial charge < -0.3 is 15.2 Å². The molecule has 0 spiro atoms. The molecule has 1 aromatic carbocycles. The van der Waals surface area contributed by atoms with Gasteiger partial charge in [0.2, 0.25) is 0 Å². The van der Waals surface area contributed by atoms with Crippen LogP contribution in [0.1, 0.15) is 23.6 Å². The predicted octanol–water partition coefficient (Wildman–Crippen LogP) is 2.38. The predicted molar refractivity (Wildman–Crippen MR) is 83.0 cm³/mol. The molecule has 0 saturated carbocycles. The van der Waals surface area contributed by atoms with Gasteiger partial charge in [-0.05, 0) is 42.5 Å². The van der Waals surface area contributed by atoms with Gasteiger partial charge in [-0.25, -0.2) is 4.79 Å². The molecule has 0 fully saturated rings. The van der Waals surface area contributed by atoms with Crippen molar-refractivity contribution in [2.75, 3.05) is 0 Å². The summed E-state index contributed by atoms with van der Waals surface area (Å²) in [6.45, 7) is 2.66. The lowest BCUT2D eigenvalue weighted by Crippen LogP contribution is -2.50. The summed E-state index contributed by atoms with van der Waals surface area (Å²) in [4.78, 5) is 12.1. The summed E-state index contributed by atoms with van der Waals surface area (Å²) in [5, 5.41) is 6.05. The molecule has 0 radical (unpaired) electrons. The summed E-state index contributed by atoms with van der Waals surface area (Å²) >= 11 is 0. The molecule has 4 nitrogen and oxygen atoms in total. The summed E-state index contributed by atoms with van der Waals surface area (Å²) < 4.78 is 1.98. The number of aryl methyl sites for hydroxylation is 1. The zero-order valence-corrected chi connectivity index (χ0v) is 12.5. The van der Waals surface area contributed by atoms with E-state index in [0.717, 1.165) is 18.4 Å². The van der Waals surface area contributed by atoms with Crippen LogP contribution in [0.25, 0.3) is 0 Å². The van der Waals surface area contributed by atoms with E-state index in [1.165, 1.54) is 11.1 Å². The van der Waals surface area contributed by atoms with Gasteiger partial charge in [0.25, 0.3) is 0 Å². The highest BCUT2D eigenvalue weighted by molar-refractivity contribution is 5.75. The van der Waals surface area contributed by atoms with E-state index in [1.807, 2.05) is 30.1 Å². The Labute approximate surface area is 125 Å². The normalized spacial score (nSPS) is 15.5. The minimum Gasteiger partial charge on any atom is -0.357 e. The lowest BCUT2D eigenvalue weighted by atomic mass is 9.99. The van der Waals surface area contributed by atoms with E-state index >= 15 is 0 Å². The van der Waals surface area contributed by atoms with Crippen molar-refractivity contribution in [2.45, 2.75) is 31.8 Å². The molecule has 0 unspecified atom stereocenters. The van der Waals surface area contributed by atoms with Crippen LogP contribution in [-0.2, 0) is 26.4 Å². The topological polar surface area (TPSA) is 46.1 Å². The Balaban J connectivity index is 1.56. The Hall–Kier alpha value is -2.23. The molecular weight excluding hydrogens is 262 g/mol. The van der Waals surface area contributed by atoms with Crippen molar-refractivity contribution in [2.24, 2.45) is 7.05 Å². The third-order valence-electron chi connectivity index (χ3n) is 4.04. The molecule has 1 aliphatic carbocycles. The molecule has 3 rings (SSSR count). The highest BCUT2D eigenvalue weighted by Gasteiger charge is 2.33. The Morgan fingerprint density at radius 3 is 2.48 bits per heavy atom. The van der Waals surface area contributed by atoms with Gasteiger partial charge >= 0.3 is 6.03 Å². The van der Waals surface area contributed by atoms with Crippen LogP contribution in [-0.4, -0.2) is 16.1 Å². The number of benzene rings is 1. The number of carbonyl (C=O) groups excluding carboxylic acids is 1. The number of urea groups is 1. The molecule has 1 aromatic heterocycles. The number of hydrogen-bond acceptors (Lipinski definition) is 1.